The summed E-state index contributed by atoms with van der Waals surface area (Å²) >= 11 is 0. The van der Waals surface area contributed by atoms with E-state index in [0.29, 0.717) is 32.6 Å². The number of fused-ring (bicyclic) bond motifs is 11. The topological polar surface area (TPSA) is 104 Å². The fraction of sp³-hybridized carbons (Fsp3) is 0.355. The lowest BCUT2D eigenvalue weighted by Gasteiger charge is -2.54. The second kappa shape index (κ2) is 8.55. The molecule has 9 nitrogen and oxygen atoms in total. The Kier molecular flexibility index (Phi) is 5.02. The summed E-state index contributed by atoms with van der Waals surface area (Å²) in [6.07, 6.45) is 2.17. The number of nitro benzene ring substituents is 1. The molecule has 1 saturated heterocycles. The first-order valence-electron chi connectivity index (χ1n) is 14.1. The van der Waals surface area contributed by atoms with E-state index in [2.05, 4.69) is 22.0 Å². The fourth-order valence-electron chi connectivity index (χ4n) is 8.03. The van der Waals surface area contributed by atoms with Crippen LogP contribution in [0, 0.1) is 22.0 Å². The van der Waals surface area contributed by atoms with Gasteiger partial charge in [-0.05, 0) is 42.5 Å². The second-order valence-corrected chi connectivity index (χ2v) is 11.8. The summed E-state index contributed by atoms with van der Waals surface area (Å²) in [5.41, 5.74) is 6.43. The number of rotatable bonds is 2. The minimum absolute atomic E-state index is 0.0123. The predicted molar refractivity (Wildman–Crippen MR) is 150 cm³/mol. The van der Waals surface area contributed by atoms with Gasteiger partial charge in [-0.15, -0.1) is 0 Å². The van der Waals surface area contributed by atoms with Gasteiger partial charge in [0.25, 0.3) is 11.2 Å². The van der Waals surface area contributed by atoms with E-state index in [0.717, 1.165) is 40.7 Å². The Hall–Kier alpha value is -4.40. The molecule has 8 rings (SSSR count). The summed E-state index contributed by atoms with van der Waals surface area (Å²) in [5, 5.41) is 12.8. The van der Waals surface area contributed by atoms with Crippen LogP contribution in [-0.2, 0) is 30.7 Å². The number of nitrogens with one attached hydrogen (secondary N) is 1. The average Bonchev–Trinajstić information content (AvgIpc) is 3.34. The van der Waals surface area contributed by atoms with Gasteiger partial charge in [0.2, 0.25) is 5.91 Å². The number of H-pyrrole nitrogens is 1. The molecule has 4 aromatic rings. The van der Waals surface area contributed by atoms with Crippen LogP contribution in [0.4, 0.5) is 11.4 Å². The molecule has 40 heavy (non-hydrogen) atoms. The van der Waals surface area contributed by atoms with Crippen LogP contribution in [0.25, 0.3) is 10.9 Å². The molecule has 4 aliphatic rings. The zero-order chi connectivity index (χ0) is 27.1. The molecular weight excluding hydrogens is 506 g/mol. The molecule has 0 spiro atoms. The number of aromatic nitrogens is 2. The van der Waals surface area contributed by atoms with Gasteiger partial charge in [-0.2, -0.15) is 0 Å². The number of benzene rings is 2. The minimum atomic E-state index is -0.361. The summed E-state index contributed by atoms with van der Waals surface area (Å²) < 4.78 is 1.90. The number of hydrogen-bond acceptors (Lipinski definition) is 5. The summed E-state index contributed by atoms with van der Waals surface area (Å²) in [6.45, 7) is 2.47. The van der Waals surface area contributed by atoms with Crippen molar-refractivity contribution in [2.75, 3.05) is 18.0 Å². The monoisotopic (exact) mass is 535 g/mol. The van der Waals surface area contributed by atoms with Crippen molar-refractivity contribution in [1.82, 2.24) is 14.5 Å². The highest BCUT2D eigenvalue weighted by Gasteiger charge is 2.50. The Balaban J connectivity index is 1.20. The van der Waals surface area contributed by atoms with Gasteiger partial charge in [-0.1, -0.05) is 24.3 Å². The number of hydrogen-bond donors (Lipinski definition) is 1. The molecule has 1 amide bonds. The van der Waals surface area contributed by atoms with E-state index in [1.807, 2.05) is 39.8 Å². The first kappa shape index (κ1) is 23.5. The Bertz CT molecular complexity index is 1770. The predicted octanol–water partition coefficient (Wildman–Crippen LogP) is 3.99. The van der Waals surface area contributed by atoms with Gasteiger partial charge in [-0.3, -0.25) is 19.7 Å². The summed E-state index contributed by atoms with van der Waals surface area (Å²) in [6, 6.07) is 18.7. The minimum Gasteiger partial charge on any atom is -0.366 e. The molecule has 1 N–H and O–H groups in total. The summed E-state index contributed by atoms with van der Waals surface area (Å²) in [7, 11) is 0. The number of para-hydroxylation sites is 1. The Labute approximate surface area is 230 Å². The molecule has 2 aromatic carbocycles. The SMILES string of the molecule is O=C(C1Cc2cc([N+](=O)[O-])ccc2N2CC3CC(Cn4c3cccc4=O)C12)N1CCc2[nH]c3ccccc3c2C1. The van der Waals surface area contributed by atoms with Gasteiger partial charge < -0.3 is 19.4 Å². The third kappa shape index (κ3) is 3.39. The number of nitrogens with zero attached hydrogens (tertiary/aromatic N) is 4. The third-order valence-electron chi connectivity index (χ3n) is 9.71. The zero-order valence-corrected chi connectivity index (χ0v) is 22.0. The maximum atomic E-state index is 14.5. The molecule has 0 aliphatic carbocycles. The van der Waals surface area contributed by atoms with Crippen molar-refractivity contribution in [2.24, 2.45) is 11.8 Å². The second-order valence-electron chi connectivity index (χ2n) is 11.8. The van der Waals surface area contributed by atoms with E-state index in [-0.39, 0.29) is 45.9 Å². The standard InChI is InChI=1S/C31H29N5O4/c37-29-7-3-6-27-19-12-20(16-34(27)29)30-23(14-18-13-21(36(39)40)8-9-28(18)35(30)15-19)31(38)33-11-10-26-24(17-33)22-4-1-2-5-25(22)32-26/h1-9,13,19-20,23,30,32H,10-12,14-17H2. The number of pyridine rings is 1. The molecule has 4 aliphatic heterocycles. The molecule has 1 fully saturated rings. The average molecular weight is 536 g/mol. The first-order valence-corrected chi connectivity index (χ1v) is 14.1. The van der Waals surface area contributed by atoms with Crippen LogP contribution >= 0.6 is 0 Å². The van der Waals surface area contributed by atoms with Gasteiger partial charge in [0, 0.05) is 96.3 Å². The lowest BCUT2D eigenvalue weighted by Crippen LogP contribution is -2.61. The van der Waals surface area contributed by atoms with E-state index >= 15 is 0 Å². The highest BCUT2D eigenvalue weighted by Crippen LogP contribution is 2.48. The van der Waals surface area contributed by atoms with E-state index in [1.165, 1.54) is 11.3 Å². The number of carbonyl (C=O) groups excluding carboxylic acids is 1. The molecule has 2 aromatic heterocycles. The van der Waals surface area contributed by atoms with Crippen molar-refractivity contribution < 1.29 is 9.72 Å². The number of non-ortho nitro benzene ring substituents is 1. The molecule has 2 bridgehead atoms. The van der Waals surface area contributed by atoms with Gasteiger partial charge >= 0.3 is 0 Å². The number of piperidine rings is 1. The fourth-order valence-corrected chi connectivity index (χ4v) is 8.03. The largest absolute Gasteiger partial charge is 0.366 e. The van der Waals surface area contributed by atoms with Gasteiger partial charge in [-0.25, -0.2) is 0 Å². The Morgan fingerprint density at radius 2 is 1.93 bits per heavy atom. The normalized spacial score (nSPS) is 24.6. The van der Waals surface area contributed by atoms with Crippen LogP contribution in [0.1, 0.15) is 34.9 Å². The Morgan fingerprint density at radius 1 is 1.05 bits per heavy atom. The molecule has 9 heteroatoms. The molecule has 202 valence electrons. The van der Waals surface area contributed by atoms with Crippen LogP contribution in [0.5, 0.6) is 0 Å². The van der Waals surface area contributed by atoms with Crippen molar-refractivity contribution in [3.63, 3.8) is 0 Å². The van der Waals surface area contributed by atoms with Crippen LogP contribution in [0.2, 0.25) is 0 Å². The molecule has 4 atom stereocenters. The van der Waals surface area contributed by atoms with Crippen molar-refractivity contribution in [1.29, 1.82) is 0 Å². The van der Waals surface area contributed by atoms with Crippen molar-refractivity contribution in [3.8, 4) is 0 Å². The van der Waals surface area contributed by atoms with Crippen LogP contribution < -0.4 is 10.5 Å². The van der Waals surface area contributed by atoms with Gasteiger partial charge in [0.15, 0.2) is 0 Å². The van der Waals surface area contributed by atoms with Gasteiger partial charge in [0.05, 0.1) is 10.8 Å². The van der Waals surface area contributed by atoms with Gasteiger partial charge in [0.1, 0.15) is 0 Å². The highest BCUT2D eigenvalue weighted by molar-refractivity contribution is 5.87. The van der Waals surface area contributed by atoms with Crippen molar-refractivity contribution >= 4 is 28.2 Å². The lowest BCUT2D eigenvalue weighted by molar-refractivity contribution is -0.384. The van der Waals surface area contributed by atoms with Crippen LogP contribution in [0.3, 0.4) is 0 Å². The smallest absolute Gasteiger partial charge is 0.269 e. The number of anilines is 1. The van der Waals surface area contributed by atoms with E-state index in [1.54, 1.807) is 18.2 Å². The van der Waals surface area contributed by atoms with Crippen molar-refractivity contribution in [3.05, 3.63) is 104 Å². The number of nitro groups is 1. The summed E-state index contributed by atoms with van der Waals surface area (Å²) in [5.74, 6) is 0.0718. The zero-order valence-electron chi connectivity index (χ0n) is 22.0. The Morgan fingerprint density at radius 3 is 2.80 bits per heavy atom. The summed E-state index contributed by atoms with van der Waals surface area (Å²) in [4.78, 5) is 46.4. The first-order chi connectivity index (χ1) is 19.5. The number of aromatic amines is 1. The highest BCUT2D eigenvalue weighted by atomic mass is 16.6. The van der Waals surface area contributed by atoms with Crippen molar-refractivity contribution in [2.45, 2.75) is 44.3 Å². The maximum absolute atomic E-state index is 14.5. The molecule has 0 saturated carbocycles. The number of carbonyl (C=O) groups is 1. The maximum Gasteiger partial charge on any atom is 0.269 e. The number of amides is 1. The lowest BCUT2D eigenvalue weighted by atomic mass is 9.69. The van der Waals surface area contributed by atoms with Crippen LogP contribution in [0.15, 0.2) is 65.5 Å². The molecule has 0 radical (unpaired) electrons. The van der Waals surface area contributed by atoms with E-state index in [4.69, 9.17) is 0 Å². The van der Waals surface area contributed by atoms with E-state index in [9.17, 15) is 19.7 Å². The molecular formula is C31H29N5O4. The van der Waals surface area contributed by atoms with Crippen LogP contribution in [-0.4, -0.2) is 44.4 Å². The quantitative estimate of drug-likeness (QED) is 0.309. The van der Waals surface area contributed by atoms with E-state index < -0.39 is 0 Å². The molecule has 6 heterocycles. The molecule has 4 unspecified atom stereocenters. The third-order valence-corrected chi connectivity index (χ3v) is 9.71.